The summed E-state index contributed by atoms with van der Waals surface area (Å²) in [5.41, 5.74) is -0.690. The number of aromatic hydroxyl groups is 1. The first-order valence-corrected chi connectivity index (χ1v) is 3.71. The molecule has 1 aromatic carbocycles. The summed E-state index contributed by atoms with van der Waals surface area (Å²) in [6, 6.07) is 2.33. The van der Waals surface area contributed by atoms with E-state index in [4.69, 9.17) is 10.2 Å². The molecule has 0 amide bonds. The minimum absolute atomic E-state index is 0.104. The summed E-state index contributed by atoms with van der Waals surface area (Å²) >= 11 is 0. The largest absolute Gasteiger partial charge is 0.507 e. The van der Waals surface area contributed by atoms with Crippen LogP contribution in [0.5, 0.6) is 5.75 Å². The zero-order valence-corrected chi connectivity index (χ0v) is 7.24. The van der Waals surface area contributed by atoms with Crippen molar-refractivity contribution in [2.45, 2.75) is 6.92 Å². The molecule has 0 heterocycles. The van der Waals surface area contributed by atoms with E-state index >= 15 is 0 Å². The van der Waals surface area contributed by atoms with Crippen molar-refractivity contribution in [1.82, 2.24) is 0 Å². The zero-order chi connectivity index (χ0) is 10.9. The molecule has 0 aliphatic rings. The van der Waals surface area contributed by atoms with Gasteiger partial charge in [-0.2, -0.15) is 0 Å². The van der Waals surface area contributed by atoms with Crippen molar-refractivity contribution in [1.29, 1.82) is 0 Å². The molecule has 5 heteroatoms. The number of carboxylic acid groups (broad SMARTS) is 1. The zero-order valence-electron chi connectivity index (χ0n) is 7.24. The van der Waals surface area contributed by atoms with E-state index in [0.29, 0.717) is 0 Å². The first-order valence-electron chi connectivity index (χ1n) is 3.71. The predicted octanol–water partition coefficient (Wildman–Crippen LogP) is 1.11. The van der Waals surface area contributed by atoms with E-state index in [1.807, 2.05) is 0 Å². The number of Topliss-reactive ketones (excluding diaryl/α,β-unsaturated/α-hetero) is 1. The Balaban J connectivity index is 3.40. The number of ketones is 1. The van der Waals surface area contributed by atoms with Gasteiger partial charge in [0.05, 0.1) is 0 Å². The van der Waals surface area contributed by atoms with Crippen LogP contribution in [0.25, 0.3) is 0 Å². The van der Waals surface area contributed by atoms with Gasteiger partial charge in [0.25, 0.3) is 5.78 Å². The Morgan fingerprint density at radius 2 is 1.93 bits per heavy atom. The average molecular weight is 198 g/mol. The second kappa shape index (κ2) is 3.45. The fraction of sp³-hybridized carbons (Fsp3) is 0.111. The smallest absolute Gasteiger partial charge is 0.377 e. The molecule has 74 valence electrons. The van der Waals surface area contributed by atoms with Gasteiger partial charge in [0.15, 0.2) is 0 Å². The maximum absolute atomic E-state index is 13.2. The summed E-state index contributed by atoms with van der Waals surface area (Å²) in [4.78, 5) is 21.2. The Morgan fingerprint density at radius 1 is 1.36 bits per heavy atom. The van der Waals surface area contributed by atoms with Crippen molar-refractivity contribution in [3.8, 4) is 5.75 Å². The van der Waals surface area contributed by atoms with Crippen LogP contribution >= 0.6 is 0 Å². The SMILES string of the molecule is Cc1ccc(O)c(C(=O)C(=O)O)c1F. The Bertz CT molecular complexity index is 412. The van der Waals surface area contributed by atoms with E-state index in [9.17, 15) is 14.0 Å². The first-order chi connectivity index (χ1) is 6.45. The van der Waals surface area contributed by atoms with Gasteiger partial charge in [-0.05, 0) is 18.6 Å². The highest BCUT2D eigenvalue weighted by Crippen LogP contribution is 2.23. The van der Waals surface area contributed by atoms with Crippen molar-refractivity contribution in [3.63, 3.8) is 0 Å². The molecule has 1 rings (SSSR count). The Morgan fingerprint density at radius 3 is 2.43 bits per heavy atom. The van der Waals surface area contributed by atoms with Crippen LogP contribution in [-0.2, 0) is 4.79 Å². The lowest BCUT2D eigenvalue weighted by Crippen LogP contribution is -2.15. The molecular formula is C9H7FO4. The van der Waals surface area contributed by atoms with Crippen LogP contribution in [0.15, 0.2) is 12.1 Å². The standard InChI is InChI=1S/C9H7FO4/c1-4-2-3-5(11)6(7(4)10)8(12)9(13)14/h2-3,11H,1H3,(H,13,14). The Kier molecular flexibility index (Phi) is 2.51. The van der Waals surface area contributed by atoms with E-state index < -0.39 is 28.9 Å². The second-order valence-electron chi connectivity index (χ2n) is 2.72. The lowest BCUT2D eigenvalue weighted by Gasteiger charge is -2.04. The summed E-state index contributed by atoms with van der Waals surface area (Å²) in [7, 11) is 0. The highest BCUT2D eigenvalue weighted by molar-refractivity contribution is 6.40. The Hall–Kier alpha value is -1.91. The molecule has 0 radical (unpaired) electrons. The number of halogens is 1. The minimum Gasteiger partial charge on any atom is -0.507 e. The van der Waals surface area contributed by atoms with Crippen molar-refractivity contribution < 1.29 is 24.2 Å². The van der Waals surface area contributed by atoms with Crippen molar-refractivity contribution >= 4 is 11.8 Å². The molecule has 0 unspecified atom stereocenters. The van der Waals surface area contributed by atoms with E-state index in [1.54, 1.807) is 0 Å². The summed E-state index contributed by atoms with van der Waals surface area (Å²) in [5.74, 6) is -4.92. The molecule has 1 aromatic rings. The predicted molar refractivity (Wildman–Crippen MR) is 44.8 cm³/mol. The number of phenolic OH excluding ortho intramolecular Hbond substituents is 1. The average Bonchev–Trinajstić information content (AvgIpc) is 2.12. The van der Waals surface area contributed by atoms with E-state index in [2.05, 4.69) is 0 Å². The number of aryl methyl sites for hydroxylation is 1. The number of hydrogen-bond acceptors (Lipinski definition) is 3. The van der Waals surface area contributed by atoms with Crippen LogP contribution < -0.4 is 0 Å². The lowest BCUT2D eigenvalue weighted by atomic mass is 10.1. The van der Waals surface area contributed by atoms with Gasteiger partial charge in [-0.15, -0.1) is 0 Å². The van der Waals surface area contributed by atoms with Crippen molar-refractivity contribution in [2.24, 2.45) is 0 Å². The maximum Gasteiger partial charge on any atom is 0.377 e. The maximum atomic E-state index is 13.2. The third-order valence-electron chi connectivity index (χ3n) is 1.73. The van der Waals surface area contributed by atoms with Crippen LogP contribution in [-0.4, -0.2) is 22.0 Å². The molecule has 0 saturated carbocycles. The van der Waals surface area contributed by atoms with Crippen LogP contribution in [0.1, 0.15) is 15.9 Å². The van der Waals surface area contributed by atoms with E-state index in [1.165, 1.54) is 13.0 Å². The summed E-state index contributed by atoms with van der Waals surface area (Å²) in [6.45, 7) is 1.37. The number of hydrogen-bond donors (Lipinski definition) is 2. The molecule has 0 saturated heterocycles. The van der Waals surface area contributed by atoms with Gasteiger partial charge < -0.3 is 10.2 Å². The van der Waals surface area contributed by atoms with Gasteiger partial charge in [0.2, 0.25) is 0 Å². The molecule has 14 heavy (non-hydrogen) atoms. The quantitative estimate of drug-likeness (QED) is 0.551. The number of rotatable bonds is 2. The second-order valence-corrected chi connectivity index (χ2v) is 2.72. The lowest BCUT2D eigenvalue weighted by molar-refractivity contribution is -0.131. The number of carbonyl (C=O) groups is 2. The normalized spacial score (nSPS) is 9.86. The summed E-state index contributed by atoms with van der Waals surface area (Å²) < 4.78 is 13.2. The fourth-order valence-corrected chi connectivity index (χ4v) is 0.993. The molecule has 0 bridgehead atoms. The third-order valence-corrected chi connectivity index (χ3v) is 1.73. The van der Waals surface area contributed by atoms with E-state index in [0.717, 1.165) is 6.07 Å². The van der Waals surface area contributed by atoms with Crippen molar-refractivity contribution in [2.75, 3.05) is 0 Å². The number of benzene rings is 1. The molecule has 0 fully saturated rings. The first kappa shape index (κ1) is 10.2. The van der Waals surface area contributed by atoms with E-state index in [-0.39, 0.29) is 5.56 Å². The van der Waals surface area contributed by atoms with Gasteiger partial charge in [-0.1, -0.05) is 6.07 Å². The fourth-order valence-electron chi connectivity index (χ4n) is 0.993. The molecular weight excluding hydrogens is 191 g/mol. The summed E-state index contributed by atoms with van der Waals surface area (Å²) in [6.07, 6.45) is 0. The Labute approximate surface area is 78.6 Å². The molecule has 0 atom stereocenters. The molecule has 0 aliphatic carbocycles. The van der Waals surface area contributed by atoms with Gasteiger partial charge in [-0.25, -0.2) is 9.18 Å². The number of carbonyl (C=O) groups excluding carboxylic acids is 1. The molecule has 0 aromatic heterocycles. The van der Waals surface area contributed by atoms with Gasteiger partial charge >= 0.3 is 5.97 Å². The monoisotopic (exact) mass is 198 g/mol. The highest BCUT2D eigenvalue weighted by Gasteiger charge is 2.23. The number of phenols is 1. The molecule has 0 aliphatic heterocycles. The van der Waals surface area contributed by atoms with Gasteiger partial charge in [-0.3, -0.25) is 4.79 Å². The molecule has 0 spiro atoms. The summed E-state index contributed by atoms with van der Waals surface area (Å²) in [5, 5.41) is 17.5. The van der Waals surface area contributed by atoms with Gasteiger partial charge in [0, 0.05) is 0 Å². The number of aliphatic carboxylic acids is 1. The third kappa shape index (κ3) is 1.56. The van der Waals surface area contributed by atoms with Crippen molar-refractivity contribution in [3.05, 3.63) is 29.1 Å². The number of carboxylic acids is 1. The van der Waals surface area contributed by atoms with Crippen LogP contribution in [0, 0.1) is 12.7 Å². The van der Waals surface area contributed by atoms with Crippen LogP contribution in [0.2, 0.25) is 0 Å². The minimum atomic E-state index is -1.80. The highest BCUT2D eigenvalue weighted by atomic mass is 19.1. The van der Waals surface area contributed by atoms with Gasteiger partial charge in [0.1, 0.15) is 17.1 Å². The van der Waals surface area contributed by atoms with Crippen LogP contribution in [0.3, 0.4) is 0 Å². The van der Waals surface area contributed by atoms with Crippen LogP contribution in [0.4, 0.5) is 4.39 Å². The molecule has 2 N–H and O–H groups in total. The topological polar surface area (TPSA) is 74.6 Å². The molecule has 4 nitrogen and oxygen atoms in total.